The van der Waals surface area contributed by atoms with Gasteiger partial charge < -0.3 is 20.5 Å². The third-order valence-electron chi connectivity index (χ3n) is 2.35. The molecule has 0 aliphatic carbocycles. The minimum Gasteiger partial charge on any atom is -0.495 e. The molecule has 18 heavy (non-hydrogen) atoms. The van der Waals surface area contributed by atoms with E-state index in [9.17, 15) is 4.39 Å². The van der Waals surface area contributed by atoms with Crippen molar-refractivity contribution in [1.29, 1.82) is 0 Å². The normalized spacial score (nSPS) is 10.1. The third-order valence-corrected chi connectivity index (χ3v) is 2.35. The monoisotopic (exact) mass is 254 g/mol. The number of rotatable bonds is 8. The molecule has 0 saturated carbocycles. The van der Waals surface area contributed by atoms with Crippen molar-refractivity contribution in [3.05, 3.63) is 30.6 Å². The number of hydrogen-bond donors (Lipinski definition) is 2. The lowest BCUT2D eigenvalue weighted by Crippen LogP contribution is -2.11. The Balaban J connectivity index is 2.44. The van der Waals surface area contributed by atoms with Gasteiger partial charge in [-0.3, -0.25) is 0 Å². The summed E-state index contributed by atoms with van der Waals surface area (Å²) in [6.45, 7) is 5.23. The van der Waals surface area contributed by atoms with Gasteiger partial charge in [0, 0.05) is 18.7 Å². The van der Waals surface area contributed by atoms with Gasteiger partial charge in [-0.25, -0.2) is 4.39 Å². The molecule has 0 fully saturated rings. The molecule has 3 N–H and O–H groups in total. The van der Waals surface area contributed by atoms with Crippen LogP contribution in [0.4, 0.5) is 15.8 Å². The average Bonchev–Trinajstić information content (AvgIpc) is 2.36. The molecule has 0 saturated heterocycles. The minimum atomic E-state index is -0.403. The van der Waals surface area contributed by atoms with Crippen LogP contribution in [0.5, 0.6) is 5.75 Å². The van der Waals surface area contributed by atoms with E-state index in [0.717, 1.165) is 6.42 Å². The summed E-state index contributed by atoms with van der Waals surface area (Å²) in [4.78, 5) is 0. The van der Waals surface area contributed by atoms with Crippen molar-refractivity contribution in [1.82, 2.24) is 0 Å². The molecule has 0 aromatic heterocycles. The molecule has 1 rings (SSSR count). The lowest BCUT2D eigenvalue weighted by atomic mass is 10.2. The fourth-order valence-corrected chi connectivity index (χ4v) is 1.41. The molecule has 1 aromatic carbocycles. The van der Waals surface area contributed by atoms with Crippen LogP contribution >= 0.6 is 0 Å². The number of ether oxygens (including phenoxy) is 2. The van der Waals surface area contributed by atoms with E-state index in [1.165, 1.54) is 19.2 Å². The molecule has 0 aliphatic heterocycles. The summed E-state index contributed by atoms with van der Waals surface area (Å²) in [5, 5.41) is 2.93. The van der Waals surface area contributed by atoms with Crippen LogP contribution in [0.25, 0.3) is 0 Å². The first-order valence-corrected chi connectivity index (χ1v) is 5.74. The van der Waals surface area contributed by atoms with E-state index in [2.05, 4.69) is 11.9 Å². The van der Waals surface area contributed by atoms with Crippen LogP contribution in [0.15, 0.2) is 24.8 Å². The van der Waals surface area contributed by atoms with E-state index in [1.807, 2.05) is 0 Å². The number of benzene rings is 1. The van der Waals surface area contributed by atoms with Gasteiger partial charge in [0.05, 0.1) is 31.7 Å². The first-order chi connectivity index (χ1) is 8.69. The van der Waals surface area contributed by atoms with E-state index in [0.29, 0.717) is 31.2 Å². The molecule has 0 aliphatic rings. The van der Waals surface area contributed by atoms with Crippen LogP contribution in [0.1, 0.15) is 6.42 Å². The zero-order valence-electron chi connectivity index (χ0n) is 10.5. The number of nitrogens with one attached hydrogen (secondary N) is 1. The lowest BCUT2D eigenvalue weighted by molar-refractivity contribution is 0.149. The number of methoxy groups -OCH3 is 1. The van der Waals surface area contributed by atoms with E-state index < -0.39 is 5.82 Å². The number of anilines is 2. The topological polar surface area (TPSA) is 56.5 Å². The second-order valence-electron chi connectivity index (χ2n) is 3.69. The first-order valence-electron chi connectivity index (χ1n) is 5.74. The lowest BCUT2D eigenvalue weighted by Gasteiger charge is -2.11. The second kappa shape index (κ2) is 7.55. The van der Waals surface area contributed by atoms with E-state index in [4.69, 9.17) is 15.2 Å². The maximum Gasteiger partial charge on any atom is 0.148 e. The van der Waals surface area contributed by atoms with Gasteiger partial charge in [-0.1, -0.05) is 6.08 Å². The molecule has 0 atom stereocenters. The summed E-state index contributed by atoms with van der Waals surface area (Å²) in [7, 11) is 1.49. The van der Waals surface area contributed by atoms with Gasteiger partial charge >= 0.3 is 0 Å². The Morgan fingerprint density at radius 1 is 1.44 bits per heavy atom. The van der Waals surface area contributed by atoms with Crippen LogP contribution < -0.4 is 15.8 Å². The van der Waals surface area contributed by atoms with Gasteiger partial charge in [-0.15, -0.1) is 6.58 Å². The summed E-state index contributed by atoms with van der Waals surface area (Å²) in [5.74, 6) is 0.0471. The molecule has 0 spiro atoms. The fourth-order valence-electron chi connectivity index (χ4n) is 1.41. The van der Waals surface area contributed by atoms with Crippen molar-refractivity contribution in [2.24, 2.45) is 0 Å². The van der Waals surface area contributed by atoms with E-state index in [-0.39, 0.29) is 5.69 Å². The highest BCUT2D eigenvalue weighted by atomic mass is 19.1. The first kappa shape index (κ1) is 14.3. The number of hydrogen-bond acceptors (Lipinski definition) is 4. The summed E-state index contributed by atoms with van der Waals surface area (Å²) < 4.78 is 23.9. The smallest absolute Gasteiger partial charge is 0.148 e. The summed E-state index contributed by atoms with van der Waals surface area (Å²) in [6.07, 6.45) is 2.60. The highest BCUT2D eigenvalue weighted by Gasteiger charge is 2.07. The Hall–Kier alpha value is -1.75. The van der Waals surface area contributed by atoms with Gasteiger partial charge in [0.2, 0.25) is 0 Å². The Labute approximate surface area is 107 Å². The third kappa shape index (κ3) is 4.25. The zero-order valence-corrected chi connectivity index (χ0v) is 10.5. The minimum absolute atomic E-state index is 0.280. The largest absolute Gasteiger partial charge is 0.495 e. The van der Waals surface area contributed by atoms with Crippen molar-refractivity contribution in [3.8, 4) is 5.75 Å². The number of nitrogens with two attached hydrogens (primary N) is 1. The van der Waals surface area contributed by atoms with E-state index >= 15 is 0 Å². The van der Waals surface area contributed by atoms with Crippen LogP contribution in [0.3, 0.4) is 0 Å². The summed E-state index contributed by atoms with van der Waals surface area (Å²) in [5.41, 5.74) is 6.22. The van der Waals surface area contributed by atoms with E-state index in [1.54, 1.807) is 6.08 Å². The fraction of sp³-hybridized carbons (Fsp3) is 0.385. The van der Waals surface area contributed by atoms with Crippen molar-refractivity contribution in [2.45, 2.75) is 6.42 Å². The Bertz CT molecular complexity index is 397. The van der Waals surface area contributed by atoms with Crippen LogP contribution in [-0.2, 0) is 4.74 Å². The van der Waals surface area contributed by atoms with Gasteiger partial charge in [0.25, 0.3) is 0 Å². The van der Waals surface area contributed by atoms with Crippen LogP contribution in [0, 0.1) is 5.82 Å². The standard InChI is InChI=1S/C13H19FN2O2/c1-3-4-6-18-7-5-16-12-9-13(17-2)11(15)8-10(12)14/h3,8-9,16H,1,4-7,15H2,2H3. The number of halogens is 1. The number of nitrogen functional groups attached to an aromatic ring is 1. The highest BCUT2D eigenvalue weighted by Crippen LogP contribution is 2.27. The molecular weight excluding hydrogens is 235 g/mol. The molecule has 0 heterocycles. The van der Waals surface area contributed by atoms with Gasteiger partial charge in [-0.05, 0) is 6.42 Å². The van der Waals surface area contributed by atoms with Crippen molar-refractivity contribution >= 4 is 11.4 Å². The highest BCUT2D eigenvalue weighted by molar-refractivity contribution is 5.62. The Morgan fingerprint density at radius 3 is 2.89 bits per heavy atom. The SMILES string of the molecule is C=CCCOCCNc1cc(OC)c(N)cc1F. The van der Waals surface area contributed by atoms with Gasteiger partial charge in [0.15, 0.2) is 0 Å². The predicted octanol–water partition coefficient (Wildman–Crippen LogP) is 2.42. The van der Waals surface area contributed by atoms with Crippen LogP contribution in [-0.4, -0.2) is 26.9 Å². The molecule has 100 valence electrons. The van der Waals surface area contributed by atoms with Crippen LogP contribution in [0.2, 0.25) is 0 Å². The van der Waals surface area contributed by atoms with Crippen molar-refractivity contribution < 1.29 is 13.9 Å². The predicted molar refractivity (Wildman–Crippen MR) is 71.5 cm³/mol. The van der Waals surface area contributed by atoms with Gasteiger partial charge in [-0.2, -0.15) is 0 Å². The molecule has 0 bridgehead atoms. The molecule has 5 heteroatoms. The second-order valence-corrected chi connectivity index (χ2v) is 3.69. The summed E-state index contributed by atoms with van der Waals surface area (Å²) >= 11 is 0. The molecule has 1 aromatic rings. The van der Waals surface area contributed by atoms with Crippen molar-refractivity contribution in [2.75, 3.05) is 37.9 Å². The average molecular weight is 254 g/mol. The molecule has 4 nitrogen and oxygen atoms in total. The van der Waals surface area contributed by atoms with Gasteiger partial charge in [0.1, 0.15) is 11.6 Å². The summed E-state index contributed by atoms with van der Waals surface area (Å²) in [6, 6.07) is 2.77. The Kier molecular flexibility index (Phi) is 6.00. The maximum absolute atomic E-state index is 13.5. The van der Waals surface area contributed by atoms with Crippen molar-refractivity contribution in [3.63, 3.8) is 0 Å². The molecule has 0 radical (unpaired) electrons. The molecular formula is C13H19FN2O2. The molecule has 0 amide bonds. The Morgan fingerprint density at radius 2 is 2.22 bits per heavy atom. The quantitative estimate of drug-likeness (QED) is 0.425. The zero-order chi connectivity index (χ0) is 13.4. The maximum atomic E-state index is 13.5. The molecule has 0 unspecified atom stereocenters.